The van der Waals surface area contributed by atoms with Crippen LogP contribution in [-0.4, -0.2) is 12.5 Å². The second-order valence-corrected chi connectivity index (χ2v) is 8.33. The van der Waals surface area contributed by atoms with Gasteiger partial charge in [0.1, 0.15) is 5.75 Å². The maximum Gasteiger partial charge on any atom is 0.244 e. The van der Waals surface area contributed by atoms with E-state index in [9.17, 15) is 4.79 Å². The summed E-state index contributed by atoms with van der Waals surface area (Å²) in [6.45, 7) is 2.95. The molecule has 0 saturated carbocycles. The van der Waals surface area contributed by atoms with E-state index < -0.39 is 0 Å². The first-order valence-corrected chi connectivity index (χ1v) is 12.0. The van der Waals surface area contributed by atoms with Gasteiger partial charge in [-0.1, -0.05) is 105 Å². The first-order chi connectivity index (χ1) is 16.2. The van der Waals surface area contributed by atoms with Crippen molar-refractivity contribution in [3.63, 3.8) is 0 Å². The molecule has 3 aromatic carbocycles. The highest BCUT2D eigenvalue weighted by molar-refractivity contribution is 5.92. The van der Waals surface area contributed by atoms with Crippen molar-refractivity contribution >= 4 is 12.0 Å². The zero-order valence-electron chi connectivity index (χ0n) is 19.6. The summed E-state index contributed by atoms with van der Waals surface area (Å²) in [5.41, 5.74) is 3.24. The minimum Gasteiger partial charge on any atom is -0.494 e. The quantitative estimate of drug-likeness (QED) is 0.226. The van der Waals surface area contributed by atoms with E-state index in [0.717, 1.165) is 36.3 Å². The molecule has 0 spiro atoms. The predicted octanol–water partition coefficient (Wildman–Crippen LogP) is 7.15. The van der Waals surface area contributed by atoms with E-state index in [1.165, 1.54) is 31.2 Å². The fourth-order valence-corrected chi connectivity index (χ4v) is 3.78. The van der Waals surface area contributed by atoms with Gasteiger partial charge in [0.15, 0.2) is 0 Å². The third-order valence-electron chi connectivity index (χ3n) is 5.60. The van der Waals surface area contributed by atoms with E-state index in [-0.39, 0.29) is 11.9 Å². The summed E-state index contributed by atoms with van der Waals surface area (Å²) in [5, 5.41) is 3.17. The maximum atomic E-state index is 12.7. The van der Waals surface area contributed by atoms with Crippen LogP contribution in [0, 0.1) is 0 Å². The zero-order valence-corrected chi connectivity index (χ0v) is 19.6. The number of unbranched alkanes of at least 4 members (excludes halogenated alkanes) is 4. The van der Waals surface area contributed by atoms with Gasteiger partial charge in [-0.2, -0.15) is 0 Å². The van der Waals surface area contributed by atoms with Crippen LogP contribution in [0.15, 0.2) is 91.0 Å². The largest absolute Gasteiger partial charge is 0.494 e. The van der Waals surface area contributed by atoms with Crippen LogP contribution in [0.2, 0.25) is 0 Å². The molecule has 0 fully saturated rings. The molecule has 3 rings (SSSR count). The van der Waals surface area contributed by atoms with Gasteiger partial charge in [-0.05, 0) is 47.7 Å². The van der Waals surface area contributed by atoms with Gasteiger partial charge in [0.25, 0.3) is 0 Å². The molecule has 1 unspecified atom stereocenters. The van der Waals surface area contributed by atoms with E-state index in [0.29, 0.717) is 0 Å². The van der Waals surface area contributed by atoms with E-state index in [1.54, 1.807) is 6.08 Å². The number of hydrogen-bond acceptors (Lipinski definition) is 2. The summed E-state index contributed by atoms with van der Waals surface area (Å²) in [7, 11) is 0. The fourth-order valence-electron chi connectivity index (χ4n) is 3.78. The number of amides is 1. The molecule has 33 heavy (non-hydrogen) atoms. The summed E-state index contributed by atoms with van der Waals surface area (Å²) < 4.78 is 5.89. The minimum atomic E-state index is -0.109. The van der Waals surface area contributed by atoms with Crippen molar-refractivity contribution in [3.8, 4) is 5.75 Å². The van der Waals surface area contributed by atoms with E-state index in [2.05, 4.69) is 36.5 Å². The lowest BCUT2D eigenvalue weighted by molar-refractivity contribution is -0.117. The van der Waals surface area contributed by atoms with Crippen molar-refractivity contribution in [2.24, 2.45) is 0 Å². The molecule has 1 atom stereocenters. The molecule has 0 aliphatic heterocycles. The lowest BCUT2D eigenvalue weighted by atomic mass is 9.99. The van der Waals surface area contributed by atoms with Gasteiger partial charge in [0.2, 0.25) is 5.91 Å². The number of carbonyl (C=O) groups is 1. The van der Waals surface area contributed by atoms with Crippen molar-refractivity contribution in [2.75, 3.05) is 6.61 Å². The second-order valence-electron chi connectivity index (χ2n) is 8.33. The Morgan fingerprint density at radius 1 is 0.879 bits per heavy atom. The summed E-state index contributed by atoms with van der Waals surface area (Å²) in [5.74, 6) is 0.737. The van der Waals surface area contributed by atoms with Crippen molar-refractivity contribution in [3.05, 3.63) is 108 Å². The molecule has 0 aliphatic rings. The number of ether oxygens (including phenoxy) is 1. The highest BCUT2D eigenvalue weighted by atomic mass is 16.5. The molecular weight excluding hydrogens is 406 g/mol. The normalized spacial score (nSPS) is 11.9. The number of carbonyl (C=O) groups excluding carboxylic acids is 1. The molecule has 3 aromatic rings. The Kier molecular flexibility index (Phi) is 10.3. The highest BCUT2D eigenvalue weighted by Crippen LogP contribution is 2.19. The summed E-state index contributed by atoms with van der Waals surface area (Å²) in [4.78, 5) is 12.7. The van der Waals surface area contributed by atoms with Gasteiger partial charge in [0.05, 0.1) is 12.6 Å². The molecule has 0 aromatic heterocycles. The number of benzene rings is 3. The van der Waals surface area contributed by atoms with Crippen LogP contribution in [0.5, 0.6) is 5.75 Å². The lowest BCUT2D eigenvalue weighted by Gasteiger charge is -2.18. The zero-order chi connectivity index (χ0) is 23.1. The second kappa shape index (κ2) is 13.9. The number of rotatable bonds is 13. The van der Waals surface area contributed by atoms with Crippen molar-refractivity contribution in [1.82, 2.24) is 5.32 Å². The summed E-state index contributed by atoms with van der Waals surface area (Å²) >= 11 is 0. The van der Waals surface area contributed by atoms with Crippen LogP contribution in [0.25, 0.3) is 6.08 Å². The molecule has 0 aliphatic carbocycles. The molecule has 0 bridgehead atoms. The summed E-state index contributed by atoms with van der Waals surface area (Å²) in [6.07, 6.45) is 10.3. The van der Waals surface area contributed by atoms with E-state index in [4.69, 9.17) is 4.74 Å². The average Bonchev–Trinajstić information content (AvgIpc) is 2.86. The van der Waals surface area contributed by atoms with Gasteiger partial charge >= 0.3 is 0 Å². The molecule has 1 amide bonds. The monoisotopic (exact) mass is 441 g/mol. The van der Waals surface area contributed by atoms with Gasteiger partial charge in [-0.15, -0.1) is 0 Å². The molecule has 1 N–H and O–H groups in total. The van der Waals surface area contributed by atoms with Crippen molar-refractivity contribution in [2.45, 2.75) is 51.5 Å². The molecular formula is C30H35NO2. The standard InChI is InChI=1S/C30H35NO2/c1-2-3-4-5-12-22-33-28-19-13-16-26(23-28)20-21-30(32)31-29(27-17-10-7-11-18-27)24-25-14-8-6-9-15-25/h6-11,13-21,23,29H,2-5,12,22,24H2,1H3,(H,31,32)/b21-20+. The Hall–Kier alpha value is -3.33. The average molecular weight is 442 g/mol. The van der Waals surface area contributed by atoms with Crippen LogP contribution < -0.4 is 10.1 Å². The molecule has 3 heteroatoms. The maximum absolute atomic E-state index is 12.7. The first kappa shape index (κ1) is 24.3. The van der Waals surface area contributed by atoms with E-state index in [1.807, 2.05) is 66.7 Å². The molecule has 0 saturated heterocycles. The molecule has 3 nitrogen and oxygen atoms in total. The van der Waals surface area contributed by atoms with Crippen LogP contribution in [0.1, 0.15) is 61.8 Å². The van der Waals surface area contributed by atoms with Gasteiger partial charge < -0.3 is 10.1 Å². The van der Waals surface area contributed by atoms with Crippen LogP contribution in [0.4, 0.5) is 0 Å². The van der Waals surface area contributed by atoms with Crippen molar-refractivity contribution < 1.29 is 9.53 Å². The lowest BCUT2D eigenvalue weighted by Crippen LogP contribution is -2.28. The molecule has 0 radical (unpaired) electrons. The SMILES string of the molecule is CCCCCCCOc1cccc(/C=C/C(=O)NC(Cc2ccccc2)c2ccccc2)c1. The van der Waals surface area contributed by atoms with Gasteiger partial charge in [-0.3, -0.25) is 4.79 Å². The summed E-state index contributed by atoms with van der Waals surface area (Å²) in [6, 6.07) is 28.2. The van der Waals surface area contributed by atoms with Crippen LogP contribution >= 0.6 is 0 Å². The fraction of sp³-hybridized carbons (Fsp3) is 0.300. The van der Waals surface area contributed by atoms with E-state index >= 15 is 0 Å². The number of hydrogen-bond donors (Lipinski definition) is 1. The smallest absolute Gasteiger partial charge is 0.244 e. The third kappa shape index (κ3) is 8.97. The topological polar surface area (TPSA) is 38.3 Å². The van der Waals surface area contributed by atoms with Crippen LogP contribution in [-0.2, 0) is 11.2 Å². The first-order valence-electron chi connectivity index (χ1n) is 12.0. The highest BCUT2D eigenvalue weighted by Gasteiger charge is 2.14. The Bertz CT molecular complexity index is 982. The Morgan fingerprint density at radius 3 is 2.36 bits per heavy atom. The molecule has 0 heterocycles. The Morgan fingerprint density at radius 2 is 1.61 bits per heavy atom. The number of nitrogens with one attached hydrogen (secondary N) is 1. The minimum absolute atomic E-state index is 0.0897. The predicted molar refractivity (Wildman–Crippen MR) is 137 cm³/mol. The third-order valence-corrected chi connectivity index (χ3v) is 5.60. The van der Waals surface area contributed by atoms with Crippen LogP contribution in [0.3, 0.4) is 0 Å². The Balaban J connectivity index is 1.57. The van der Waals surface area contributed by atoms with Crippen molar-refractivity contribution in [1.29, 1.82) is 0 Å². The van der Waals surface area contributed by atoms with Gasteiger partial charge in [0, 0.05) is 6.08 Å². The Labute approximate surface area is 198 Å². The molecule has 172 valence electrons. The van der Waals surface area contributed by atoms with Gasteiger partial charge in [-0.25, -0.2) is 0 Å².